The van der Waals surface area contributed by atoms with E-state index in [1.54, 1.807) is 18.2 Å². The van der Waals surface area contributed by atoms with E-state index in [0.29, 0.717) is 11.6 Å². The molecule has 1 saturated heterocycles. The molecule has 0 radical (unpaired) electrons. The van der Waals surface area contributed by atoms with Crippen molar-refractivity contribution in [2.75, 3.05) is 6.54 Å². The minimum Gasteiger partial charge on any atom is -0.310 e. The van der Waals surface area contributed by atoms with E-state index in [4.69, 9.17) is 4.84 Å². The lowest BCUT2D eigenvalue weighted by atomic mass is 10.4. The van der Waals surface area contributed by atoms with E-state index < -0.39 is 17.9 Å². The molecule has 2 heterocycles. The number of hydroxylamine groups is 2. The van der Waals surface area contributed by atoms with Gasteiger partial charge in [0.05, 0.1) is 0 Å². The number of imide groups is 1. The third-order valence-corrected chi connectivity index (χ3v) is 2.22. The Labute approximate surface area is 91.7 Å². The van der Waals surface area contributed by atoms with E-state index in [0.717, 1.165) is 0 Å². The van der Waals surface area contributed by atoms with Crippen LogP contribution in [0.4, 0.5) is 4.79 Å². The normalized spacial score (nSPS) is 19.5. The summed E-state index contributed by atoms with van der Waals surface area (Å²) in [5.41, 5.74) is 0. The summed E-state index contributed by atoms with van der Waals surface area (Å²) < 4.78 is 0. The third kappa shape index (κ3) is 1.95. The summed E-state index contributed by atoms with van der Waals surface area (Å²) >= 11 is 0. The lowest BCUT2D eigenvalue weighted by Crippen LogP contribution is -2.37. The Hall–Kier alpha value is -2.11. The van der Waals surface area contributed by atoms with Gasteiger partial charge in [0, 0.05) is 25.6 Å². The largest absolute Gasteiger partial charge is 0.439 e. The molecule has 0 aliphatic carbocycles. The van der Waals surface area contributed by atoms with Gasteiger partial charge in [-0.15, -0.1) is 5.06 Å². The van der Waals surface area contributed by atoms with E-state index in [-0.39, 0.29) is 12.8 Å². The van der Waals surface area contributed by atoms with Crippen molar-refractivity contribution in [1.29, 1.82) is 0 Å². The molecular weight excluding hydrogens is 212 g/mol. The van der Waals surface area contributed by atoms with Crippen molar-refractivity contribution in [3.63, 3.8) is 0 Å². The zero-order valence-electron chi connectivity index (χ0n) is 8.46. The van der Waals surface area contributed by atoms with Gasteiger partial charge in [0.25, 0.3) is 11.8 Å². The Bertz CT molecular complexity index is 384. The quantitative estimate of drug-likeness (QED) is 0.608. The van der Waals surface area contributed by atoms with Crippen LogP contribution >= 0.6 is 0 Å². The monoisotopic (exact) mass is 222 g/mol. The Morgan fingerprint density at radius 3 is 2.44 bits per heavy atom. The Morgan fingerprint density at radius 2 is 1.88 bits per heavy atom. The average Bonchev–Trinajstić information content (AvgIpc) is 2.62. The highest BCUT2D eigenvalue weighted by Gasteiger charge is 2.33. The molecule has 0 unspecified atom stereocenters. The van der Waals surface area contributed by atoms with Gasteiger partial charge in [-0.25, -0.2) is 4.79 Å². The van der Waals surface area contributed by atoms with Gasteiger partial charge in [0.15, 0.2) is 0 Å². The molecule has 0 aromatic rings. The first kappa shape index (κ1) is 10.4. The van der Waals surface area contributed by atoms with Gasteiger partial charge in [-0.05, 0) is 6.08 Å². The van der Waals surface area contributed by atoms with Crippen LogP contribution in [-0.4, -0.2) is 34.4 Å². The van der Waals surface area contributed by atoms with E-state index in [9.17, 15) is 14.4 Å². The minimum absolute atomic E-state index is 0.0991. The summed E-state index contributed by atoms with van der Waals surface area (Å²) in [6.45, 7) is 0.367. The number of carbonyl (C=O) groups is 3. The zero-order chi connectivity index (χ0) is 11.5. The minimum atomic E-state index is -0.732. The maximum atomic E-state index is 11.5. The average molecular weight is 222 g/mol. The Balaban J connectivity index is 1.96. The molecule has 1 fully saturated rings. The SMILES string of the molecule is O=C(ON1C(=O)CCC1=O)N1C=CC=CC1. The van der Waals surface area contributed by atoms with Gasteiger partial charge in [-0.3, -0.25) is 14.5 Å². The highest BCUT2D eigenvalue weighted by atomic mass is 16.7. The zero-order valence-corrected chi connectivity index (χ0v) is 8.46. The van der Waals surface area contributed by atoms with E-state index in [1.165, 1.54) is 11.1 Å². The van der Waals surface area contributed by atoms with Crippen LogP contribution in [0.1, 0.15) is 12.8 Å². The van der Waals surface area contributed by atoms with Crippen LogP contribution in [0.15, 0.2) is 24.4 Å². The van der Waals surface area contributed by atoms with Crippen molar-refractivity contribution in [3.8, 4) is 0 Å². The number of rotatable bonds is 1. The van der Waals surface area contributed by atoms with Gasteiger partial charge in [-0.1, -0.05) is 12.2 Å². The molecule has 2 rings (SSSR count). The van der Waals surface area contributed by atoms with Crippen molar-refractivity contribution in [2.45, 2.75) is 12.8 Å². The number of carbonyl (C=O) groups excluding carboxylic acids is 3. The van der Waals surface area contributed by atoms with Gasteiger partial charge >= 0.3 is 6.09 Å². The summed E-state index contributed by atoms with van der Waals surface area (Å²) in [5, 5.41) is 0.536. The van der Waals surface area contributed by atoms with Crippen LogP contribution < -0.4 is 0 Å². The Kier molecular flexibility index (Phi) is 2.72. The molecule has 2 aliphatic rings. The molecular formula is C10H10N2O4. The molecule has 0 spiro atoms. The third-order valence-electron chi connectivity index (χ3n) is 2.22. The highest BCUT2D eigenvalue weighted by Crippen LogP contribution is 2.13. The van der Waals surface area contributed by atoms with Crippen molar-refractivity contribution in [3.05, 3.63) is 24.4 Å². The number of hydrogen-bond acceptors (Lipinski definition) is 4. The first-order valence-electron chi connectivity index (χ1n) is 4.86. The Morgan fingerprint density at radius 1 is 1.19 bits per heavy atom. The van der Waals surface area contributed by atoms with Crippen molar-refractivity contribution < 1.29 is 19.2 Å². The molecule has 0 saturated carbocycles. The summed E-state index contributed by atoms with van der Waals surface area (Å²) in [5.74, 6) is -0.954. The van der Waals surface area contributed by atoms with Crippen molar-refractivity contribution >= 4 is 17.9 Å². The molecule has 0 N–H and O–H groups in total. The predicted octanol–water partition coefficient (Wildman–Crippen LogP) is 0.573. The molecule has 16 heavy (non-hydrogen) atoms. The standard InChI is InChI=1S/C10H10N2O4/c13-8-4-5-9(14)12(8)16-10(15)11-6-2-1-3-7-11/h1-3,6H,4-5,7H2. The molecule has 0 bridgehead atoms. The summed E-state index contributed by atoms with van der Waals surface area (Å²) in [4.78, 5) is 39.9. The fourth-order valence-electron chi connectivity index (χ4n) is 1.39. The fourth-order valence-corrected chi connectivity index (χ4v) is 1.39. The van der Waals surface area contributed by atoms with Crippen LogP contribution in [0.25, 0.3) is 0 Å². The number of allylic oxidation sites excluding steroid dienone is 2. The predicted molar refractivity (Wildman–Crippen MR) is 52.6 cm³/mol. The van der Waals surface area contributed by atoms with Crippen LogP contribution in [0.5, 0.6) is 0 Å². The maximum absolute atomic E-state index is 11.5. The molecule has 3 amide bonds. The lowest BCUT2D eigenvalue weighted by molar-refractivity contribution is -0.173. The first-order valence-corrected chi connectivity index (χ1v) is 4.86. The number of hydrogen-bond donors (Lipinski definition) is 0. The first-order chi connectivity index (χ1) is 7.68. The summed E-state index contributed by atoms with van der Waals surface area (Å²) in [6, 6.07) is 0. The lowest BCUT2D eigenvalue weighted by Gasteiger charge is -2.20. The van der Waals surface area contributed by atoms with Crippen LogP contribution in [0.3, 0.4) is 0 Å². The summed E-state index contributed by atoms with van der Waals surface area (Å²) in [6.07, 6.45) is 6.20. The fraction of sp³-hybridized carbons (Fsp3) is 0.300. The van der Waals surface area contributed by atoms with Crippen LogP contribution in [0, 0.1) is 0 Å². The van der Waals surface area contributed by atoms with Crippen molar-refractivity contribution in [2.24, 2.45) is 0 Å². The topological polar surface area (TPSA) is 66.9 Å². The molecule has 2 aliphatic heterocycles. The summed E-state index contributed by atoms with van der Waals surface area (Å²) in [7, 11) is 0. The van der Waals surface area contributed by atoms with Gasteiger partial charge in [-0.2, -0.15) is 0 Å². The maximum Gasteiger partial charge on any atom is 0.439 e. The van der Waals surface area contributed by atoms with Crippen LogP contribution in [-0.2, 0) is 14.4 Å². The second kappa shape index (κ2) is 4.18. The van der Waals surface area contributed by atoms with E-state index in [2.05, 4.69) is 0 Å². The molecule has 6 heteroatoms. The van der Waals surface area contributed by atoms with Crippen LogP contribution in [0.2, 0.25) is 0 Å². The van der Waals surface area contributed by atoms with Gasteiger partial charge in [0.2, 0.25) is 0 Å². The van der Waals surface area contributed by atoms with Gasteiger partial charge < -0.3 is 4.84 Å². The van der Waals surface area contributed by atoms with E-state index >= 15 is 0 Å². The number of amides is 3. The molecule has 0 aromatic heterocycles. The highest BCUT2D eigenvalue weighted by molar-refractivity contribution is 6.01. The second-order valence-electron chi connectivity index (χ2n) is 3.36. The molecule has 6 nitrogen and oxygen atoms in total. The van der Waals surface area contributed by atoms with E-state index in [1.807, 2.05) is 0 Å². The molecule has 84 valence electrons. The molecule has 0 aromatic carbocycles. The van der Waals surface area contributed by atoms with Crippen molar-refractivity contribution in [1.82, 2.24) is 9.96 Å². The number of nitrogens with zero attached hydrogens (tertiary/aromatic N) is 2. The molecule has 0 atom stereocenters. The smallest absolute Gasteiger partial charge is 0.310 e. The second-order valence-corrected chi connectivity index (χ2v) is 3.36. The van der Waals surface area contributed by atoms with Gasteiger partial charge in [0.1, 0.15) is 0 Å².